The van der Waals surface area contributed by atoms with Crippen LogP contribution in [0, 0.1) is 0 Å². The molecule has 0 amide bonds. The molecule has 140 valence electrons. The lowest BCUT2D eigenvalue weighted by Gasteiger charge is -2.31. The zero-order chi connectivity index (χ0) is 18.2. The number of aliphatic hydroxyl groups is 1. The largest absolute Gasteiger partial charge is 0.466 e. The summed E-state index contributed by atoms with van der Waals surface area (Å²) in [5.74, 6) is -0.231. The van der Waals surface area contributed by atoms with Crippen molar-refractivity contribution in [2.45, 2.75) is 50.2 Å². The topological polar surface area (TPSA) is 70.3 Å². The second kappa shape index (κ2) is 6.79. The number of rotatable bonds is 6. The van der Waals surface area contributed by atoms with Gasteiger partial charge in [0.1, 0.15) is 24.1 Å². The summed E-state index contributed by atoms with van der Waals surface area (Å²) in [6.45, 7) is 4.26. The fraction of sp³-hybridized carbons (Fsp3) is 0.500. The highest BCUT2D eigenvalue weighted by molar-refractivity contribution is 5.20. The number of hydrogen-bond acceptors (Lipinski definition) is 6. The molecule has 0 spiro atoms. The Hall–Kier alpha value is -1.70. The van der Waals surface area contributed by atoms with E-state index in [9.17, 15) is 5.11 Å². The molecule has 4 atom stereocenters. The predicted molar refractivity (Wildman–Crippen MR) is 92.3 cm³/mol. The third-order valence-electron chi connectivity index (χ3n) is 4.88. The molecule has 2 aliphatic rings. The van der Waals surface area contributed by atoms with Crippen molar-refractivity contribution in [3.63, 3.8) is 0 Å². The molecule has 4 rings (SSSR count). The van der Waals surface area contributed by atoms with Crippen molar-refractivity contribution < 1.29 is 28.5 Å². The van der Waals surface area contributed by atoms with Gasteiger partial charge in [-0.25, -0.2) is 0 Å². The van der Waals surface area contributed by atoms with Crippen molar-refractivity contribution in [3.05, 3.63) is 60.1 Å². The van der Waals surface area contributed by atoms with Gasteiger partial charge in [0.2, 0.25) is 0 Å². The fourth-order valence-electron chi connectivity index (χ4n) is 3.74. The smallest absolute Gasteiger partial charge is 0.178 e. The van der Waals surface area contributed by atoms with Gasteiger partial charge in [0.25, 0.3) is 0 Å². The SMILES string of the molecule is CC1(C)O[C@H]2[C@@H](O1)[C@](CO)(c1ccco1)O[C@@H]2COCc1ccccc1. The van der Waals surface area contributed by atoms with E-state index in [1.807, 2.05) is 44.2 Å². The maximum atomic E-state index is 10.2. The maximum Gasteiger partial charge on any atom is 0.178 e. The Balaban J connectivity index is 1.52. The molecule has 0 aliphatic carbocycles. The Morgan fingerprint density at radius 2 is 1.85 bits per heavy atom. The van der Waals surface area contributed by atoms with Crippen LogP contribution in [0.3, 0.4) is 0 Å². The third-order valence-corrected chi connectivity index (χ3v) is 4.88. The van der Waals surface area contributed by atoms with Gasteiger partial charge < -0.3 is 28.5 Å². The Labute approximate surface area is 152 Å². The number of aliphatic hydroxyl groups excluding tert-OH is 1. The first-order valence-electron chi connectivity index (χ1n) is 8.84. The third kappa shape index (κ3) is 3.08. The summed E-state index contributed by atoms with van der Waals surface area (Å²) in [5.41, 5.74) is -0.00618. The molecule has 0 unspecified atom stereocenters. The van der Waals surface area contributed by atoms with Gasteiger partial charge in [-0.3, -0.25) is 0 Å². The molecule has 2 saturated heterocycles. The fourth-order valence-corrected chi connectivity index (χ4v) is 3.74. The molecule has 2 aromatic rings. The van der Waals surface area contributed by atoms with Gasteiger partial charge in [0.05, 0.1) is 26.1 Å². The maximum absolute atomic E-state index is 10.2. The van der Waals surface area contributed by atoms with Crippen LogP contribution in [0.15, 0.2) is 53.1 Å². The van der Waals surface area contributed by atoms with Crippen LogP contribution in [0.5, 0.6) is 0 Å². The van der Waals surface area contributed by atoms with Crippen LogP contribution in [-0.4, -0.2) is 42.4 Å². The molecule has 3 heterocycles. The van der Waals surface area contributed by atoms with E-state index in [0.29, 0.717) is 19.0 Å². The Bertz CT molecular complexity index is 713. The molecular weight excluding hydrogens is 336 g/mol. The Kier molecular flexibility index (Phi) is 4.62. The van der Waals surface area contributed by atoms with Gasteiger partial charge in [-0.2, -0.15) is 0 Å². The van der Waals surface area contributed by atoms with Crippen molar-refractivity contribution in [2.24, 2.45) is 0 Å². The second-order valence-corrected chi connectivity index (χ2v) is 7.20. The number of ether oxygens (including phenoxy) is 4. The number of furan rings is 1. The first-order chi connectivity index (χ1) is 12.5. The number of benzene rings is 1. The van der Waals surface area contributed by atoms with Gasteiger partial charge in [-0.05, 0) is 31.5 Å². The summed E-state index contributed by atoms with van der Waals surface area (Å²) < 4.78 is 29.8. The van der Waals surface area contributed by atoms with Crippen LogP contribution in [0.1, 0.15) is 25.2 Å². The van der Waals surface area contributed by atoms with Crippen LogP contribution < -0.4 is 0 Å². The van der Waals surface area contributed by atoms with Crippen molar-refractivity contribution in [2.75, 3.05) is 13.2 Å². The number of fused-ring (bicyclic) bond motifs is 1. The molecule has 1 N–H and O–H groups in total. The average molecular weight is 360 g/mol. The lowest BCUT2D eigenvalue weighted by Crippen LogP contribution is -2.43. The van der Waals surface area contributed by atoms with Crippen LogP contribution in [0.25, 0.3) is 0 Å². The molecule has 0 bridgehead atoms. The van der Waals surface area contributed by atoms with Gasteiger partial charge in [-0.15, -0.1) is 0 Å². The minimum absolute atomic E-state index is 0.268. The number of hydrogen-bond donors (Lipinski definition) is 1. The summed E-state index contributed by atoms with van der Waals surface area (Å²) >= 11 is 0. The second-order valence-electron chi connectivity index (χ2n) is 7.20. The lowest BCUT2D eigenvalue weighted by atomic mass is 9.92. The van der Waals surface area contributed by atoms with Crippen molar-refractivity contribution >= 4 is 0 Å². The van der Waals surface area contributed by atoms with E-state index in [1.54, 1.807) is 18.4 Å². The van der Waals surface area contributed by atoms with Crippen LogP contribution >= 0.6 is 0 Å². The van der Waals surface area contributed by atoms with E-state index < -0.39 is 17.5 Å². The molecule has 1 aromatic heterocycles. The van der Waals surface area contributed by atoms with Gasteiger partial charge >= 0.3 is 0 Å². The molecule has 1 aromatic carbocycles. The summed E-state index contributed by atoms with van der Waals surface area (Å²) in [6.07, 6.45) is 0.366. The van der Waals surface area contributed by atoms with Gasteiger partial charge in [0, 0.05) is 0 Å². The molecule has 0 radical (unpaired) electrons. The Morgan fingerprint density at radius 3 is 2.54 bits per heavy atom. The zero-order valence-electron chi connectivity index (χ0n) is 15.0. The highest BCUT2D eigenvalue weighted by Crippen LogP contribution is 2.49. The summed E-state index contributed by atoms with van der Waals surface area (Å²) in [5, 5.41) is 10.2. The van der Waals surface area contributed by atoms with E-state index in [1.165, 1.54) is 0 Å². The molecular formula is C20H24O6. The molecule has 2 aliphatic heterocycles. The molecule has 6 heteroatoms. The summed E-state index contributed by atoms with van der Waals surface area (Å²) in [7, 11) is 0. The predicted octanol–water partition coefficient (Wildman–Crippen LogP) is 2.60. The van der Waals surface area contributed by atoms with E-state index in [0.717, 1.165) is 5.56 Å². The minimum Gasteiger partial charge on any atom is -0.466 e. The molecule has 2 fully saturated rings. The average Bonchev–Trinajstić information content (AvgIpc) is 3.32. The Morgan fingerprint density at radius 1 is 1.04 bits per heavy atom. The normalized spacial score (nSPS) is 32.7. The highest BCUT2D eigenvalue weighted by atomic mass is 16.8. The van der Waals surface area contributed by atoms with E-state index in [4.69, 9.17) is 23.4 Å². The van der Waals surface area contributed by atoms with Crippen LogP contribution in [0.4, 0.5) is 0 Å². The first-order valence-corrected chi connectivity index (χ1v) is 8.84. The molecule has 0 saturated carbocycles. The molecule has 26 heavy (non-hydrogen) atoms. The van der Waals surface area contributed by atoms with Crippen LogP contribution in [0.2, 0.25) is 0 Å². The monoisotopic (exact) mass is 360 g/mol. The minimum atomic E-state index is -1.09. The summed E-state index contributed by atoms with van der Waals surface area (Å²) in [6, 6.07) is 13.5. The standard InChI is InChI=1S/C20H24O6/c1-19(2)25-17-15(12-22-11-14-7-4-3-5-8-14)24-20(13-21,18(17)26-19)16-9-6-10-23-16/h3-10,15,17-18,21H,11-13H2,1-2H3/t15-,17-,18-,20+/m1/s1. The van der Waals surface area contributed by atoms with Crippen molar-refractivity contribution in [1.29, 1.82) is 0 Å². The van der Waals surface area contributed by atoms with Crippen LogP contribution in [-0.2, 0) is 31.2 Å². The van der Waals surface area contributed by atoms with Gasteiger partial charge in [0.15, 0.2) is 11.4 Å². The van der Waals surface area contributed by atoms with Gasteiger partial charge in [-0.1, -0.05) is 30.3 Å². The lowest BCUT2D eigenvalue weighted by molar-refractivity contribution is -0.228. The van der Waals surface area contributed by atoms with E-state index >= 15 is 0 Å². The van der Waals surface area contributed by atoms with E-state index in [2.05, 4.69) is 0 Å². The van der Waals surface area contributed by atoms with Crippen molar-refractivity contribution in [1.82, 2.24) is 0 Å². The highest BCUT2D eigenvalue weighted by Gasteiger charge is 2.64. The van der Waals surface area contributed by atoms with E-state index in [-0.39, 0.29) is 18.8 Å². The quantitative estimate of drug-likeness (QED) is 0.854. The summed E-state index contributed by atoms with van der Waals surface area (Å²) in [4.78, 5) is 0. The first kappa shape index (κ1) is 17.7. The zero-order valence-corrected chi connectivity index (χ0v) is 15.0. The molecule has 6 nitrogen and oxygen atoms in total. The van der Waals surface area contributed by atoms with Crippen molar-refractivity contribution in [3.8, 4) is 0 Å².